The molecule has 1 rings (SSSR count). The van der Waals surface area contributed by atoms with Gasteiger partial charge in [0.15, 0.2) is 0 Å². The topological polar surface area (TPSA) is 32.3 Å². The first kappa shape index (κ1) is 12.5. The van der Waals surface area contributed by atoms with Gasteiger partial charge >= 0.3 is 0 Å². The van der Waals surface area contributed by atoms with Crippen molar-refractivity contribution in [2.24, 2.45) is 5.92 Å². The summed E-state index contributed by atoms with van der Waals surface area (Å²) >= 11 is 0. The number of nitrogens with zero attached hydrogens (tertiary/aromatic N) is 1. The molecule has 1 heterocycles. The average Bonchev–Trinajstić information content (AvgIpc) is 2.44. The molecule has 1 fully saturated rings. The summed E-state index contributed by atoms with van der Waals surface area (Å²) in [5.74, 6) is 0.902. The van der Waals surface area contributed by atoms with Crippen LogP contribution in [0.1, 0.15) is 47.5 Å². The van der Waals surface area contributed by atoms with Crippen molar-refractivity contribution in [1.82, 2.24) is 10.2 Å². The second-order valence-corrected chi connectivity index (χ2v) is 5.27. The standard InChI is InChI=1S/C12H24N2O/c1-6-12(5)11(15)14(8-13-12)10(4)7-9(2)3/h9-10,13H,6-8H2,1-5H3. The van der Waals surface area contributed by atoms with E-state index in [0.717, 1.165) is 12.8 Å². The fourth-order valence-electron chi connectivity index (χ4n) is 2.17. The minimum Gasteiger partial charge on any atom is -0.326 e. The van der Waals surface area contributed by atoms with Crippen LogP contribution in [0.2, 0.25) is 0 Å². The molecule has 0 aromatic rings. The monoisotopic (exact) mass is 212 g/mol. The van der Waals surface area contributed by atoms with E-state index in [-0.39, 0.29) is 11.4 Å². The number of amides is 1. The Labute approximate surface area is 93.2 Å². The second-order valence-electron chi connectivity index (χ2n) is 5.27. The smallest absolute Gasteiger partial charge is 0.243 e. The van der Waals surface area contributed by atoms with Gasteiger partial charge < -0.3 is 4.90 Å². The van der Waals surface area contributed by atoms with E-state index in [2.05, 4.69) is 33.0 Å². The molecule has 1 saturated heterocycles. The molecule has 3 heteroatoms. The van der Waals surface area contributed by atoms with E-state index in [1.54, 1.807) is 0 Å². The second kappa shape index (κ2) is 4.52. The van der Waals surface area contributed by atoms with Gasteiger partial charge in [0, 0.05) is 6.04 Å². The van der Waals surface area contributed by atoms with E-state index in [1.165, 1.54) is 0 Å². The maximum Gasteiger partial charge on any atom is 0.243 e. The predicted molar refractivity (Wildman–Crippen MR) is 62.5 cm³/mol. The maximum absolute atomic E-state index is 12.1. The Morgan fingerprint density at radius 2 is 2.07 bits per heavy atom. The van der Waals surface area contributed by atoms with E-state index >= 15 is 0 Å². The summed E-state index contributed by atoms with van der Waals surface area (Å²) in [6.07, 6.45) is 1.93. The van der Waals surface area contributed by atoms with Crippen LogP contribution in [0.5, 0.6) is 0 Å². The van der Waals surface area contributed by atoms with Gasteiger partial charge in [-0.15, -0.1) is 0 Å². The Balaban J connectivity index is 2.63. The minimum atomic E-state index is -0.328. The molecule has 2 atom stereocenters. The third-order valence-corrected chi connectivity index (χ3v) is 3.42. The molecule has 0 spiro atoms. The molecule has 0 bridgehead atoms. The van der Waals surface area contributed by atoms with Gasteiger partial charge in [0.25, 0.3) is 0 Å². The van der Waals surface area contributed by atoms with Crippen molar-refractivity contribution in [3.8, 4) is 0 Å². The van der Waals surface area contributed by atoms with Gasteiger partial charge in [-0.05, 0) is 32.6 Å². The van der Waals surface area contributed by atoms with E-state index in [1.807, 2.05) is 11.8 Å². The van der Waals surface area contributed by atoms with Crippen molar-refractivity contribution in [2.75, 3.05) is 6.67 Å². The van der Waals surface area contributed by atoms with Crippen molar-refractivity contribution in [1.29, 1.82) is 0 Å². The third-order valence-electron chi connectivity index (χ3n) is 3.42. The van der Waals surface area contributed by atoms with Crippen LogP contribution in [-0.2, 0) is 4.79 Å². The zero-order valence-electron chi connectivity index (χ0n) is 10.6. The van der Waals surface area contributed by atoms with Gasteiger partial charge in [-0.2, -0.15) is 0 Å². The molecule has 0 radical (unpaired) electrons. The van der Waals surface area contributed by atoms with Crippen LogP contribution < -0.4 is 5.32 Å². The quantitative estimate of drug-likeness (QED) is 0.773. The largest absolute Gasteiger partial charge is 0.326 e. The van der Waals surface area contributed by atoms with E-state index in [4.69, 9.17) is 0 Å². The third kappa shape index (κ3) is 2.51. The van der Waals surface area contributed by atoms with Crippen molar-refractivity contribution >= 4 is 5.91 Å². The number of hydrogen-bond donors (Lipinski definition) is 1. The van der Waals surface area contributed by atoms with E-state index < -0.39 is 0 Å². The van der Waals surface area contributed by atoms with Gasteiger partial charge in [0.1, 0.15) is 0 Å². The lowest BCUT2D eigenvalue weighted by molar-refractivity contribution is -0.133. The molecule has 1 aliphatic heterocycles. The molecular weight excluding hydrogens is 188 g/mol. The summed E-state index contributed by atoms with van der Waals surface area (Å²) in [5, 5.41) is 3.31. The summed E-state index contributed by atoms with van der Waals surface area (Å²) in [7, 11) is 0. The van der Waals surface area contributed by atoms with Gasteiger partial charge in [0.05, 0.1) is 12.2 Å². The Bertz CT molecular complexity index is 240. The Kier molecular flexibility index (Phi) is 3.77. The van der Waals surface area contributed by atoms with Crippen LogP contribution >= 0.6 is 0 Å². The van der Waals surface area contributed by atoms with Gasteiger partial charge in [-0.3, -0.25) is 10.1 Å². The lowest BCUT2D eigenvalue weighted by Gasteiger charge is -2.27. The molecular formula is C12H24N2O. The molecule has 0 aromatic heterocycles. The lowest BCUT2D eigenvalue weighted by atomic mass is 9.98. The SMILES string of the molecule is CCC1(C)NCN(C(C)CC(C)C)C1=O. The number of hydrogen-bond acceptors (Lipinski definition) is 2. The van der Waals surface area contributed by atoms with Crippen molar-refractivity contribution in [3.63, 3.8) is 0 Å². The van der Waals surface area contributed by atoms with Crippen molar-refractivity contribution in [2.45, 2.75) is 59.0 Å². The predicted octanol–water partition coefficient (Wildman–Crippen LogP) is 1.98. The first-order chi connectivity index (χ1) is 6.90. The van der Waals surface area contributed by atoms with Crippen LogP contribution in [0.25, 0.3) is 0 Å². The van der Waals surface area contributed by atoms with Gasteiger partial charge in [-0.25, -0.2) is 0 Å². The molecule has 15 heavy (non-hydrogen) atoms. The molecule has 1 amide bonds. The van der Waals surface area contributed by atoms with Crippen LogP contribution in [-0.4, -0.2) is 29.1 Å². The first-order valence-electron chi connectivity index (χ1n) is 5.96. The van der Waals surface area contributed by atoms with Crippen LogP contribution in [0.4, 0.5) is 0 Å². The summed E-state index contributed by atoms with van der Waals surface area (Å²) in [6, 6.07) is 0.346. The summed E-state index contributed by atoms with van der Waals surface area (Å²) in [5.41, 5.74) is -0.328. The molecule has 0 aliphatic carbocycles. The first-order valence-corrected chi connectivity index (χ1v) is 5.96. The average molecular weight is 212 g/mol. The maximum atomic E-state index is 12.1. The molecule has 3 nitrogen and oxygen atoms in total. The molecule has 1 N–H and O–H groups in total. The molecule has 0 saturated carbocycles. The Hall–Kier alpha value is -0.570. The molecule has 2 unspecified atom stereocenters. The highest BCUT2D eigenvalue weighted by Crippen LogP contribution is 2.23. The zero-order chi connectivity index (χ0) is 11.6. The summed E-state index contributed by atoms with van der Waals surface area (Å²) < 4.78 is 0. The highest BCUT2D eigenvalue weighted by Gasteiger charge is 2.42. The highest BCUT2D eigenvalue weighted by molar-refractivity contribution is 5.88. The van der Waals surface area contributed by atoms with E-state index in [9.17, 15) is 4.79 Å². The molecule has 1 aliphatic rings. The number of carbonyl (C=O) groups is 1. The van der Waals surface area contributed by atoms with Crippen LogP contribution in [0.15, 0.2) is 0 Å². The summed E-state index contributed by atoms with van der Waals surface area (Å²) in [6.45, 7) is 11.3. The summed E-state index contributed by atoms with van der Waals surface area (Å²) in [4.78, 5) is 14.1. The fourth-order valence-corrected chi connectivity index (χ4v) is 2.17. The fraction of sp³-hybridized carbons (Fsp3) is 0.917. The van der Waals surface area contributed by atoms with Gasteiger partial charge in [0.2, 0.25) is 5.91 Å². The highest BCUT2D eigenvalue weighted by atomic mass is 16.2. The number of nitrogens with one attached hydrogen (secondary N) is 1. The Morgan fingerprint density at radius 1 is 1.47 bits per heavy atom. The van der Waals surface area contributed by atoms with Crippen LogP contribution in [0, 0.1) is 5.92 Å². The van der Waals surface area contributed by atoms with Crippen molar-refractivity contribution in [3.05, 3.63) is 0 Å². The Morgan fingerprint density at radius 3 is 2.47 bits per heavy atom. The normalized spacial score (nSPS) is 28.9. The lowest BCUT2D eigenvalue weighted by Crippen LogP contribution is -2.44. The minimum absolute atomic E-state index is 0.262. The van der Waals surface area contributed by atoms with Gasteiger partial charge in [-0.1, -0.05) is 20.8 Å². The molecule has 88 valence electrons. The zero-order valence-corrected chi connectivity index (χ0v) is 10.6. The molecule has 0 aromatic carbocycles. The number of carbonyl (C=O) groups excluding carboxylic acids is 1. The number of rotatable bonds is 4. The van der Waals surface area contributed by atoms with Crippen molar-refractivity contribution < 1.29 is 4.79 Å². The van der Waals surface area contributed by atoms with E-state index in [0.29, 0.717) is 18.6 Å². The van der Waals surface area contributed by atoms with Crippen LogP contribution in [0.3, 0.4) is 0 Å².